The molecule has 45 heavy (non-hydrogen) atoms. The maximum Gasteiger partial charge on any atom is 0.0319 e. The zero-order valence-electron chi connectivity index (χ0n) is 25.7. The van der Waals surface area contributed by atoms with Crippen LogP contribution >= 0.6 is 0 Å². The lowest BCUT2D eigenvalue weighted by molar-refractivity contribution is 0.399. The lowest BCUT2D eigenvalue weighted by Crippen LogP contribution is -1.91. The van der Waals surface area contributed by atoms with Crippen LogP contribution in [0.3, 0.4) is 0 Å². The molecule has 0 spiro atoms. The van der Waals surface area contributed by atoms with Gasteiger partial charge in [-0.05, 0) is 95.9 Å². The molecule has 0 fully saturated rings. The Balaban J connectivity index is 0.00000175. The zero-order valence-corrected chi connectivity index (χ0v) is 25.7. The Labute approximate surface area is 265 Å². The largest absolute Gasteiger partial charge is 0.400 e. The van der Waals surface area contributed by atoms with Crippen molar-refractivity contribution in [3.05, 3.63) is 176 Å². The van der Waals surface area contributed by atoms with E-state index in [1.54, 1.807) is 0 Å². The first kappa shape index (κ1) is 29.6. The minimum atomic E-state index is 1.00. The van der Waals surface area contributed by atoms with Crippen molar-refractivity contribution in [3.8, 4) is 33.4 Å². The van der Waals surface area contributed by atoms with E-state index in [2.05, 4.69) is 164 Å². The molecule has 7 rings (SSSR count). The summed E-state index contributed by atoms with van der Waals surface area (Å²) in [5.41, 5.74) is 9.77. The highest BCUT2D eigenvalue weighted by atomic mass is 16.2. The molecule has 1 N–H and O–H groups in total. The van der Waals surface area contributed by atoms with Gasteiger partial charge in [-0.3, -0.25) is 0 Å². The van der Waals surface area contributed by atoms with Crippen LogP contribution in [0.15, 0.2) is 170 Å². The van der Waals surface area contributed by atoms with Crippen molar-refractivity contribution in [2.45, 2.75) is 6.92 Å². The van der Waals surface area contributed by atoms with Crippen molar-refractivity contribution in [1.82, 2.24) is 0 Å². The van der Waals surface area contributed by atoms with Gasteiger partial charge < -0.3 is 5.11 Å². The number of fused-ring (bicyclic) bond motifs is 3. The van der Waals surface area contributed by atoms with Crippen molar-refractivity contribution in [2.24, 2.45) is 0 Å². The second-order valence-corrected chi connectivity index (χ2v) is 10.9. The second kappa shape index (κ2) is 13.4. The average Bonchev–Trinajstić information content (AvgIpc) is 3.11. The molecule has 0 heterocycles. The first-order valence-electron chi connectivity index (χ1n) is 15.3. The molecule has 0 aromatic heterocycles. The Morgan fingerprint density at radius 2 is 1.04 bits per heavy atom. The van der Waals surface area contributed by atoms with E-state index in [1.807, 2.05) is 13.0 Å². The smallest absolute Gasteiger partial charge is 0.0319 e. The average molecular weight is 581 g/mol. The maximum absolute atomic E-state index is 7.00. The predicted octanol–water partition coefficient (Wildman–Crippen LogP) is 11.9. The third kappa shape index (κ3) is 5.74. The molecule has 0 radical (unpaired) electrons. The van der Waals surface area contributed by atoms with E-state index in [4.69, 9.17) is 5.11 Å². The normalized spacial score (nSPS) is 11.6. The van der Waals surface area contributed by atoms with Crippen molar-refractivity contribution >= 4 is 37.9 Å². The van der Waals surface area contributed by atoms with Crippen LogP contribution < -0.4 is 0 Å². The lowest BCUT2D eigenvalue weighted by atomic mass is 9.85. The van der Waals surface area contributed by atoms with Crippen LogP contribution in [-0.2, 0) is 0 Å². The second-order valence-electron chi connectivity index (χ2n) is 10.9. The Bertz CT molecular complexity index is 2140. The molecule has 0 aliphatic rings. The Morgan fingerprint density at radius 1 is 0.511 bits per heavy atom. The molecule has 1 heteroatoms. The molecule has 0 unspecified atom stereocenters. The van der Waals surface area contributed by atoms with Gasteiger partial charge in [-0.2, -0.15) is 0 Å². The van der Waals surface area contributed by atoms with Gasteiger partial charge in [-0.1, -0.05) is 158 Å². The summed E-state index contributed by atoms with van der Waals surface area (Å²) in [7, 11) is 1.00. The van der Waals surface area contributed by atoms with E-state index >= 15 is 0 Å². The van der Waals surface area contributed by atoms with Crippen LogP contribution in [0.5, 0.6) is 0 Å². The summed E-state index contributed by atoms with van der Waals surface area (Å²) in [5, 5.41) is 14.6. The van der Waals surface area contributed by atoms with Crippen LogP contribution in [-0.4, -0.2) is 12.2 Å². The molecule has 0 aliphatic carbocycles. The van der Waals surface area contributed by atoms with Gasteiger partial charge in [0.05, 0.1) is 0 Å². The third-order valence-corrected chi connectivity index (χ3v) is 8.32. The lowest BCUT2D eigenvalue weighted by Gasteiger charge is -2.18. The number of aliphatic hydroxyl groups is 1. The monoisotopic (exact) mass is 580 g/mol. The highest BCUT2D eigenvalue weighted by molar-refractivity contribution is 6.21. The number of aliphatic hydroxyl groups excluding tert-OH is 1. The van der Waals surface area contributed by atoms with Crippen molar-refractivity contribution in [1.29, 1.82) is 0 Å². The number of benzene rings is 7. The minimum Gasteiger partial charge on any atom is -0.400 e. The topological polar surface area (TPSA) is 20.2 Å². The number of allylic oxidation sites excluding steroid dienone is 5. The van der Waals surface area contributed by atoms with Crippen molar-refractivity contribution in [3.63, 3.8) is 0 Å². The van der Waals surface area contributed by atoms with E-state index in [0.29, 0.717) is 0 Å². The Kier molecular flexibility index (Phi) is 8.82. The van der Waals surface area contributed by atoms with Crippen LogP contribution in [0.4, 0.5) is 0 Å². The van der Waals surface area contributed by atoms with E-state index in [1.165, 1.54) is 71.3 Å². The summed E-state index contributed by atoms with van der Waals surface area (Å²) < 4.78 is 0. The molecule has 1 nitrogen and oxygen atoms in total. The Morgan fingerprint density at radius 3 is 1.64 bits per heavy atom. The molecule has 0 saturated carbocycles. The van der Waals surface area contributed by atoms with Crippen LogP contribution in [0.2, 0.25) is 0 Å². The fourth-order valence-electron chi connectivity index (χ4n) is 6.36. The minimum absolute atomic E-state index is 1.00. The third-order valence-electron chi connectivity index (χ3n) is 8.32. The zero-order chi connectivity index (χ0) is 31.2. The fourth-order valence-corrected chi connectivity index (χ4v) is 6.36. The van der Waals surface area contributed by atoms with Gasteiger partial charge in [-0.25, -0.2) is 0 Å². The molecule has 7 aromatic rings. The highest BCUT2D eigenvalue weighted by Gasteiger charge is 2.16. The van der Waals surface area contributed by atoms with Crippen LogP contribution in [0.25, 0.3) is 71.3 Å². The number of hydrogen-bond donors (Lipinski definition) is 1. The molecule has 0 amide bonds. The van der Waals surface area contributed by atoms with Crippen molar-refractivity contribution in [2.75, 3.05) is 7.11 Å². The molecule has 218 valence electrons. The van der Waals surface area contributed by atoms with E-state index in [9.17, 15) is 0 Å². The van der Waals surface area contributed by atoms with Crippen LogP contribution in [0.1, 0.15) is 12.5 Å². The maximum atomic E-state index is 7.00. The summed E-state index contributed by atoms with van der Waals surface area (Å²) in [6.07, 6.45) is 8.09. The van der Waals surface area contributed by atoms with Gasteiger partial charge >= 0.3 is 0 Å². The standard InChI is InChI=1S/C43H32.CH4O/c1-3-12-30(13-4-2)35-16-11-17-36(28-35)32-22-25-33(26-23-32)42-38-18-7-9-20-40(38)43(41-21-10-8-19-39(41)42)37-27-24-31-14-5-6-15-34(31)29-37;1-2/h3-29H,1H2,2H3;2H,1H3/b13-4-,30-12+;. The quantitative estimate of drug-likeness (QED) is 0.153. The van der Waals surface area contributed by atoms with Gasteiger partial charge in [0.2, 0.25) is 0 Å². The van der Waals surface area contributed by atoms with Gasteiger partial charge in [0.1, 0.15) is 0 Å². The molecule has 0 bridgehead atoms. The van der Waals surface area contributed by atoms with Gasteiger partial charge in [-0.15, -0.1) is 0 Å². The van der Waals surface area contributed by atoms with E-state index < -0.39 is 0 Å². The SMILES string of the molecule is C=C/C=C(\C=C/C)c1cccc(-c2ccc(-c3c4ccccc4c(-c4ccc5ccccc5c4)c4ccccc34)cc2)c1.CO. The number of rotatable bonds is 6. The molecular formula is C44H36O. The summed E-state index contributed by atoms with van der Waals surface area (Å²) >= 11 is 0. The van der Waals surface area contributed by atoms with Crippen molar-refractivity contribution < 1.29 is 5.11 Å². The summed E-state index contributed by atoms with van der Waals surface area (Å²) in [4.78, 5) is 0. The molecule has 7 aromatic carbocycles. The van der Waals surface area contributed by atoms with Gasteiger partial charge in [0.15, 0.2) is 0 Å². The van der Waals surface area contributed by atoms with Gasteiger partial charge in [0.25, 0.3) is 0 Å². The van der Waals surface area contributed by atoms with E-state index in [0.717, 1.165) is 12.7 Å². The highest BCUT2D eigenvalue weighted by Crippen LogP contribution is 2.44. The molecule has 0 aliphatic heterocycles. The molecule has 0 atom stereocenters. The molecule has 0 saturated heterocycles. The first-order chi connectivity index (χ1) is 22.2. The summed E-state index contributed by atoms with van der Waals surface area (Å²) in [6.45, 7) is 5.94. The predicted molar refractivity (Wildman–Crippen MR) is 196 cm³/mol. The summed E-state index contributed by atoms with van der Waals surface area (Å²) in [5.74, 6) is 0. The fraction of sp³-hybridized carbons (Fsp3) is 0.0455. The summed E-state index contributed by atoms with van der Waals surface area (Å²) in [6, 6.07) is 50.9. The molecular weight excluding hydrogens is 544 g/mol. The van der Waals surface area contributed by atoms with Gasteiger partial charge in [0, 0.05) is 7.11 Å². The Hall–Kier alpha value is -5.50. The van der Waals surface area contributed by atoms with Crippen LogP contribution in [0, 0.1) is 0 Å². The first-order valence-corrected chi connectivity index (χ1v) is 15.3. The number of hydrogen-bond acceptors (Lipinski definition) is 1. The van der Waals surface area contributed by atoms with E-state index in [-0.39, 0.29) is 0 Å².